The summed E-state index contributed by atoms with van der Waals surface area (Å²) in [5.74, 6) is -1.79. The molecule has 0 spiro atoms. The molecule has 4 aromatic rings. The van der Waals surface area contributed by atoms with E-state index in [1.807, 2.05) is 42.5 Å². The fourth-order valence-electron chi connectivity index (χ4n) is 3.96. The monoisotopic (exact) mass is 461 g/mol. The number of aliphatic hydroxyl groups excluding tert-OH is 1. The van der Waals surface area contributed by atoms with Crippen LogP contribution in [0.3, 0.4) is 0 Å². The predicted octanol–water partition coefficient (Wildman–Crippen LogP) is 5.28. The highest BCUT2D eigenvalue weighted by Gasteiger charge is 2.48. The molecule has 0 saturated carbocycles. The van der Waals surface area contributed by atoms with Crippen molar-refractivity contribution in [3.63, 3.8) is 0 Å². The molecule has 1 fully saturated rings. The summed E-state index contributed by atoms with van der Waals surface area (Å²) in [5.41, 5.74) is 1.11. The van der Waals surface area contributed by atoms with Gasteiger partial charge >= 0.3 is 5.91 Å². The van der Waals surface area contributed by atoms with Gasteiger partial charge < -0.3 is 5.11 Å². The van der Waals surface area contributed by atoms with Gasteiger partial charge in [0, 0.05) is 10.6 Å². The highest BCUT2D eigenvalue weighted by Crippen LogP contribution is 2.44. The molecule has 1 amide bonds. The molecule has 5 rings (SSSR count). The zero-order valence-electron chi connectivity index (χ0n) is 16.8. The normalized spacial score (nSPS) is 17.9. The van der Waals surface area contributed by atoms with Crippen LogP contribution in [0.2, 0.25) is 5.02 Å². The molecular formula is C24H16ClN3O3S. The molecule has 2 heterocycles. The van der Waals surface area contributed by atoms with Gasteiger partial charge in [-0.25, -0.2) is 0 Å². The number of rotatable bonds is 3. The minimum Gasteiger partial charge on any atom is -0.507 e. The molecule has 0 bridgehead atoms. The Morgan fingerprint density at radius 3 is 2.44 bits per heavy atom. The topological polar surface area (TPSA) is 83.4 Å². The van der Waals surface area contributed by atoms with E-state index in [4.69, 9.17) is 11.6 Å². The number of halogens is 1. The fourth-order valence-corrected chi connectivity index (χ4v) is 4.80. The number of ketones is 1. The molecule has 1 atom stereocenters. The van der Waals surface area contributed by atoms with Crippen LogP contribution in [0.1, 0.15) is 22.2 Å². The number of anilines is 1. The number of benzene rings is 3. The highest BCUT2D eigenvalue weighted by molar-refractivity contribution is 7.15. The molecule has 1 aliphatic heterocycles. The third-order valence-corrected chi connectivity index (χ3v) is 6.49. The molecule has 0 aliphatic carbocycles. The first-order valence-electron chi connectivity index (χ1n) is 9.80. The number of aromatic nitrogens is 2. The van der Waals surface area contributed by atoms with Crippen LogP contribution in [-0.2, 0) is 9.59 Å². The minimum absolute atomic E-state index is 0.00142. The van der Waals surface area contributed by atoms with Crippen LogP contribution >= 0.6 is 22.9 Å². The summed E-state index contributed by atoms with van der Waals surface area (Å²) in [6.07, 6.45) is 0. The lowest BCUT2D eigenvalue weighted by Gasteiger charge is -2.24. The molecule has 1 aromatic heterocycles. The molecule has 6 nitrogen and oxygen atoms in total. The van der Waals surface area contributed by atoms with Crippen LogP contribution in [-0.4, -0.2) is 27.0 Å². The van der Waals surface area contributed by atoms with Gasteiger partial charge in [-0.15, -0.1) is 10.2 Å². The van der Waals surface area contributed by atoms with Gasteiger partial charge in [-0.05, 0) is 47.5 Å². The van der Waals surface area contributed by atoms with Crippen molar-refractivity contribution in [1.29, 1.82) is 0 Å². The second-order valence-corrected chi connectivity index (χ2v) is 8.94. The number of aryl methyl sites for hydroxylation is 1. The van der Waals surface area contributed by atoms with Crippen LogP contribution in [0.25, 0.3) is 16.5 Å². The Hall–Kier alpha value is -3.55. The second kappa shape index (κ2) is 7.85. The highest BCUT2D eigenvalue weighted by atomic mass is 35.5. The third-order valence-electron chi connectivity index (χ3n) is 5.40. The molecule has 0 radical (unpaired) electrons. The number of nitrogens with zero attached hydrogens (tertiary/aromatic N) is 3. The quantitative estimate of drug-likeness (QED) is 0.255. The smallest absolute Gasteiger partial charge is 0.301 e. The van der Waals surface area contributed by atoms with Crippen LogP contribution in [0, 0.1) is 6.92 Å². The van der Waals surface area contributed by atoms with E-state index >= 15 is 0 Å². The average molecular weight is 462 g/mol. The zero-order chi connectivity index (χ0) is 22.4. The number of carbonyl (C=O) groups excluding carboxylic acids is 2. The van der Waals surface area contributed by atoms with Crippen molar-refractivity contribution < 1.29 is 14.7 Å². The molecule has 1 saturated heterocycles. The summed E-state index contributed by atoms with van der Waals surface area (Å²) in [4.78, 5) is 27.7. The standard InChI is InChI=1S/C24H16ClN3O3S/c1-13-26-27-24(32-13)28-20(18-8-4-6-14-5-2-3-7-17(14)18)19(22(30)23(28)31)21(29)15-9-11-16(25)12-10-15/h2-12,20,29H,1H3. The predicted molar refractivity (Wildman–Crippen MR) is 125 cm³/mol. The average Bonchev–Trinajstić information content (AvgIpc) is 3.34. The van der Waals surface area contributed by atoms with Gasteiger partial charge in [-0.1, -0.05) is 65.4 Å². The number of Topliss-reactive ketones (excluding diaryl/α,β-unsaturated/α-hetero) is 1. The molecule has 1 N–H and O–H groups in total. The Kier molecular flexibility index (Phi) is 5.00. The van der Waals surface area contributed by atoms with Crippen molar-refractivity contribution in [2.24, 2.45) is 0 Å². The summed E-state index contributed by atoms with van der Waals surface area (Å²) >= 11 is 7.20. The molecular weight excluding hydrogens is 446 g/mol. The van der Waals surface area contributed by atoms with E-state index in [0.717, 1.165) is 10.8 Å². The second-order valence-electron chi connectivity index (χ2n) is 7.35. The van der Waals surface area contributed by atoms with Crippen LogP contribution in [0.4, 0.5) is 5.13 Å². The van der Waals surface area contributed by atoms with E-state index in [9.17, 15) is 14.7 Å². The molecule has 3 aromatic carbocycles. The Balaban J connectivity index is 1.80. The van der Waals surface area contributed by atoms with Crippen LogP contribution in [0.15, 0.2) is 72.3 Å². The first kappa shape index (κ1) is 20.4. The molecule has 158 valence electrons. The van der Waals surface area contributed by atoms with Crippen molar-refractivity contribution in [2.45, 2.75) is 13.0 Å². The Bertz CT molecular complexity index is 1410. The van der Waals surface area contributed by atoms with Crippen molar-refractivity contribution in [2.75, 3.05) is 4.90 Å². The van der Waals surface area contributed by atoms with E-state index in [0.29, 0.717) is 26.3 Å². The van der Waals surface area contributed by atoms with Crippen LogP contribution < -0.4 is 4.90 Å². The van der Waals surface area contributed by atoms with Crippen LogP contribution in [0.5, 0.6) is 0 Å². The number of carbonyl (C=O) groups is 2. The Morgan fingerprint density at radius 1 is 1.00 bits per heavy atom. The first-order valence-corrected chi connectivity index (χ1v) is 11.0. The lowest BCUT2D eigenvalue weighted by molar-refractivity contribution is -0.132. The first-order chi connectivity index (χ1) is 15.5. The maximum absolute atomic E-state index is 13.2. The summed E-state index contributed by atoms with van der Waals surface area (Å²) in [5, 5.41) is 22.6. The minimum atomic E-state index is -0.857. The van der Waals surface area contributed by atoms with Crippen molar-refractivity contribution >= 4 is 56.3 Å². The van der Waals surface area contributed by atoms with E-state index in [2.05, 4.69) is 10.2 Å². The van der Waals surface area contributed by atoms with Gasteiger partial charge in [0.25, 0.3) is 5.78 Å². The molecule has 8 heteroatoms. The lowest BCUT2D eigenvalue weighted by Crippen LogP contribution is -2.29. The van der Waals surface area contributed by atoms with Crippen molar-refractivity contribution in [3.8, 4) is 0 Å². The number of hydrogen-bond donors (Lipinski definition) is 1. The summed E-state index contributed by atoms with van der Waals surface area (Å²) in [6.45, 7) is 1.78. The summed E-state index contributed by atoms with van der Waals surface area (Å²) < 4.78 is 0. The summed E-state index contributed by atoms with van der Waals surface area (Å²) in [6, 6.07) is 19.0. The number of hydrogen-bond acceptors (Lipinski definition) is 6. The fraction of sp³-hybridized carbons (Fsp3) is 0.0833. The van der Waals surface area contributed by atoms with Crippen molar-refractivity contribution in [1.82, 2.24) is 10.2 Å². The Morgan fingerprint density at radius 2 is 1.72 bits per heavy atom. The number of aliphatic hydroxyl groups is 1. The Labute approximate surface area is 192 Å². The number of fused-ring (bicyclic) bond motifs is 1. The lowest BCUT2D eigenvalue weighted by atomic mass is 9.92. The van der Waals surface area contributed by atoms with Gasteiger partial charge in [0.1, 0.15) is 10.8 Å². The third kappa shape index (κ3) is 3.26. The molecule has 1 aliphatic rings. The van der Waals surface area contributed by atoms with E-state index < -0.39 is 17.7 Å². The van der Waals surface area contributed by atoms with Gasteiger partial charge in [-0.2, -0.15) is 0 Å². The van der Waals surface area contributed by atoms with E-state index in [-0.39, 0.29) is 11.3 Å². The maximum atomic E-state index is 13.2. The SMILES string of the molecule is Cc1nnc(N2C(=O)C(=O)C(=C(O)c3ccc(Cl)cc3)C2c2cccc3ccccc23)s1. The van der Waals surface area contributed by atoms with Gasteiger partial charge in [-0.3, -0.25) is 14.5 Å². The largest absolute Gasteiger partial charge is 0.507 e. The van der Waals surface area contributed by atoms with Gasteiger partial charge in [0.15, 0.2) is 0 Å². The molecule has 1 unspecified atom stereocenters. The zero-order valence-corrected chi connectivity index (χ0v) is 18.4. The van der Waals surface area contributed by atoms with Gasteiger partial charge in [0.05, 0.1) is 11.6 Å². The number of amides is 1. The molecule has 32 heavy (non-hydrogen) atoms. The maximum Gasteiger partial charge on any atom is 0.301 e. The van der Waals surface area contributed by atoms with E-state index in [1.54, 1.807) is 31.2 Å². The van der Waals surface area contributed by atoms with Gasteiger partial charge in [0.2, 0.25) is 5.13 Å². The summed E-state index contributed by atoms with van der Waals surface area (Å²) in [7, 11) is 0. The van der Waals surface area contributed by atoms with Crippen molar-refractivity contribution in [3.05, 3.63) is 93.5 Å². The van der Waals surface area contributed by atoms with E-state index in [1.165, 1.54) is 16.2 Å².